The van der Waals surface area contributed by atoms with Crippen LogP contribution in [0.4, 0.5) is 5.69 Å². The lowest BCUT2D eigenvalue weighted by molar-refractivity contribution is -0.118. The predicted molar refractivity (Wildman–Crippen MR) is 90.8 cm³/mol. The molecule has 1 aromatic heterocycles. The maximum atomic E-state index is 12.5. The number of amides is 1. The molecular weight excluding hydrogens is 314 g/mol. The molecule has 0 saturated heterocycles. The molecule has 6 heteroatoms. The summed E-state index contributed by atoms with van der Waals surface area (Å²) in [5, 5.41) is 3.65. The molecule has 1 heterocycles. The predicted octanol–water partition coefficient (Wildman–Crippen LogP) is 3.25. The van der Waals surface area contributed by atoms with E-state index in [1.807, 2.05) is 6.07 Å². The molecule has 0 aliphatic heterocycles. The van der Waals surface area contributed by atoms with E-state index in [1.165, 1.54) is 10.9 Å². The van der Waals surface area contributed by atoms with E-state index in [-0.39, 0.29) is 11.5 Å². The molecular formula is C17H14ClN3O2. The molecule has 1 amide bonds. The summed E-state index contributed by atoms with van der Waals surface area (Å²) in [4.78, 5) is 29.1. The Hall–Kier alpha value is -2.66. The van der Waals surface area contributed by atoms with Crippen LogP contribution in [0.15, 0.2) is 59.7 Å². The molecule has 5 nitrogen and oxygen atoms in total. The number of nitrogens with zero attached hydrogens (tertiary/aromatic N) is 2. The van der Waals surface area contributed by atoms with Gasteiger partial charge in [-0.25, -0.2) is 4.98 Å². The first-order chi connectivity index (χ1) is 11.1. The SMILES string of the molecule is C[C@@H](C(=O)Nc1ccccc1Cl)n1cnc2ccccc2c1=O. The number of para-hydroxylation sites is 2. The van der Waals surface area contributed by atoms with E-state index in [0.717, 1.165) is 0 Å². The maximum Gasteiger partial charge on any atom is 0.261 e. The number of nitrogens with one attached hydrogen (secondary N) is 1. The maximum absolute atomic E-state index is 12.5. The summed E-state index contributed by atoms with van der Waals surface area (Å²) in [5.41, 5.74) is 0.859. The van der Waals surface area contributed by atoms with Gasteiger partial charge in [0, 0.05) is 0 Å². The molecule has 1 atom stereocenters. The molecule has 0 unspecified atom stereocenters. The quantitative estimate of drug-likeness (QED) is 0.803. The van der Waals surface area contributed by atoms with Crippen molar-refractivity contribution < 1.29 is 4.79 Å². The highest BCUT2D eigenvalue weighted by atomic mass is 35.5. The summed E-state index contributed by atoms with van der Waals surface area (Å²) >= 11 is 6.03. The standard InChI is InChI=1S/C17H14ClN3O2/c1-11(16(22)20-15-9-5-3-7-13(15)18)21-10-19-14-8-4-2-6-12(14)17(21)23/h2-11H,1H3,(H,20,22)/t11-/m0/s1. The lowest BCUT2D eigenvalue weighted by Gasteiger charge is -2.15. The summed E-state index contributed by atoms with van der Waals surface area (Å²) < 4.78 is 1.31. The van der Waals surface area contributed by atoms with Crippen molar-refractivity contribution in [1.82, 2.24) is 9.55 Å². The van der Waals surface area contributed by atoms with Gasteiger partial charge in [-0.15, -0.1) is 0 Å². The lowest BCUT2D eigenvalue weighted by Crippen LogP contribution is -2.31. The van der Waals surface area contributed by atoms with Crippen molar-refractivity contribution in [2.24, 2.45) is 0 Å². The van der Waals surface area contributed by atoms with Crippen molar-refractivity contribution >= 4 is 34.1 Å². The van der Waals surface area contributed by atoms with E-state index in [4.69, 9.17) is 11.6 Å². The first-order valence-corrected chi connectivity index (χ1v) is 7.47. The van der Waals surface area contributed by atoms with Crippen LogP contribution in [0.2, 0.25) is 5.02 Å². The van der Waals surface area contributed by atoms with E-state index in [9.17, 15) is 9.59 Å². The van der Waals surface area contributed by atoms with E-state index >= 15 is 0 Å². The minimum Gasteiger partial charge on any atom is -0.323 e. The largest absolute Gasteiger partial charge is 0.323 e. The average Bonchev–Trinajstić information content (AvgIpc) is 2.57. The van der Waals surface area contributed by atoms with Crippen molar-refractivity contribution in [2.45, 2.75) is 13.0 Å². The molecule has 23 heavy (non-hydrogen) atoms. The zero-order chi connectivity index (χ0) is 16.4. The first kappa shape index (κ1) is 15.2. The number of hydrogen-bond acceptors (Lipinski definition) is 3. The van der Waals surface area contributed by atoms with E-state index in [1.54, 1.807) is 49.4 Å². The molecule has 0 saturated carbocycles. The van der Waals surface area contributed by atoms with Gasteiger partial charge in [0.15, 0.2) is 0 Å². The highest BCUT2D eigenvalue weighted by molar-refractivity contribution is 6.33. The van der Waals surface area contributed by atoms with Gasteiger partial charge in [-0.3, -0.25) is 14.2 Å². The molecule has 1 N–H and O–H groups in total. The topological polar surface area (TPSA) is 64.0 Å². The van der Waals surface area contributed by atoms with Gasteiger partial charge in [0.25, 0.3) is 5.56 Å². The van der Waals surface area contributed by atoms with Crippen molar-refractivity contribution in [3.05, 3.63) is 70.2 Å². The number of hydrogen-bond donors (Lipinski definition) is 1. The van der Waals surface area contributed by atoms with Gasteiger partial charge < -0.3 is 5.32 Å². The number of halogens is 1. The summed E-state index contributed by atoms with van der Waals surface area (Å²) in [6.45, 7) is 1.64. The van der Waals surface area contributed by atoms with Crippen LogP contribution in [0.25, 0.3) is 10.9 Å². The summed E-state index contributed by atoms with van der Waals surface area (Å²) in [6.07, 6.45) is 1.39. The second kappa shape index (κ2) is 6.22. The number of carbonyl (C=O) groups is 1. The van der Waals surface area contributed by atoms with Crippen LogP contribution in [0.5, 0.6) is 0 Å². The monoisotopic (exact) mass is 327 g/mol. The van der Waals surface area contributed by atoms with Gasteiger partial charge in [0.1, 0.15) is 6.04 Å². The Morgan fingerprint density at radius 1 is 1.17 bits per heavy atom. The number of fused-ring (bicyclic) bond motifs is 1. The average molecular weight is 328 g/mol. The molecule has 0 radical (unpaired) electrons. The fraction of sp³-hybridized carbons (Fsp3) is 0.118. The smallest absolute Gasteiger partial charge is 0.261 e. The Bertz CT molecular complexity index is 936. The van der Waals surface area contributed by atoms with Crippen LogP contribution in [0.1, 0.15) is 13.0 Å². The Balaban J connectivity index is 1.92. The number of benzene rings is 2. The highest BCUT2D eigenvalue weighted by Crippen LogP contribution is 2.21. The van der Waals surface area contributed by atoms with Crippen molar-refractivity contribution in [3.8, 4) is 0 Å². The molecule has 0 aliphatic carbocycles. The Morgan fingerprint density at radius 3 is 2.65 bits per heavy atom. The first-order valence-electron chi connectivity index (χ1n) is 7.09. The van der Waals surface area contributed by atoms with Gasteiger partial charge in [-0.05, 0) is 31.2 Å². The lowest BCUT2D eigenvalue weighted by atomic mass is 10.2. The van der Waals surface area contributed by atoms with Gasteiger partial charge in [-0.2, -0.15) is 0 Å². The van der Waals surface area contributed by atoms with E-state index < -0.39 is 6.04 Å². The third-order valence-electron chi connectivity index (χ3n) is 3.62. The van der Waals surface area contributed by atoms with Crippen LogP contribution in [-0.4, -0.2) is 15.5 Å². The van der Waals surface area contributed by atoms with Crippen molar-refractivity contribution in [1.29, 1.82) is 0 Å². The van der Waals surface area contributed by atoms with Gasteiger partial charge in [-0.1, -0.05) is 35.9 Å². The van der Waals surface area contributed by atoms with Crippen LogP contribution in [0, 0.1) is 0 Å². The third-order valence-corrected chi connectivity index (χ3v) is 3.95. The molecule has 0 spiro atoms. The van der Waals surface area contributed by atoms with Crippen LogP contribution in [0.3, 0.4) is 0 Å². The fourth-order valence-corrected chi connectivity index (χ4v) is 2.47. The Labute approximate surface area is 137 Å². The third kappa shape index (κ3) is 2.96. The second-order valence-corrected chi connectivity index (χ2v) is 5.53. The second-order valence-electron chi connectivity index (χ2n) is 5.12. The van der Waals surface area contributed by atoms with E-state index in [0.29, 0.717) is 21.6 Å². The molecule has 116 valence electrons. The summed E-state index contributed by atoms with van der Waals surface area (Å²) in [6, 6.07) is 13.3. The van der Waals surface area contributed by atoms with Gasteiger partial charge in [0.05, 0.1) is 27.9 Å². The molecule has 3 aromatic rings. The molecule has 2 aromatic carbocycles. The van der Waals surface area contributed by atoms with Gasteiger partial charge >= 0.3 is 0 Å². The molecule has 0 fully saturated rings. The fourth-order valence-electron chi connectivity index (χ4n) is 2.28. The Kier molecular flexibility index (Phi) is 4.12. The zero-order valence-corrected chi connectivity index (χ0v) is 13.1. The molecule has 0 aliphatic rings. The van der Waals surface area contributed by atoms with E-state index in [2.05, 4.69) is 10.3 Å². The summed E-state index contributed by atoms with van der Waals surface area (Å²) in [7, 11) is 0. The van der Waals surface area contributed by atoms with Crippen LogP contribution >= 0.6 is 11.6 Å². The normalized spacial score (nSPS) is 12.1. The number of rotatable bonds is 3. The number of aromatic nitrogens is 2. The minimum absolute atomic E-state index is 0.252. The number of carbonyl (C=O) groups excluding carboxylic acids is 1. The van der Waals surface area contributed by atoms with Crippen LogP contribution < -0.4 is 10.9 Å². The molecule has 3 rings (SSSR count). The highest BCUT2D eigenvalue weighted by Gasteiger charge is 2.18. The minimum atomic E-state index is -0.712. The van der Waals surface area contributed by atoms with Gasteiger partial charge in [0.2, 0.25) is 5.91 Å². The van der Waals surface area contributed by atoms with Crippen molar-refractivity contribution in [2.75, 3.05) is 5.32 Å². The zero-order valence-electron chi connectivity index (χ0n) is 12.4. The molecule has 0 bridgehead atoms. The summed E-state index contributed by atoms with van der Waals surface area (Å²) in [5.74, 6) is -0.336. The Morgan fingerprint density at radius 2 is 1.87 bits per heavy atom. The number of anilines is 1. The van der Waals surface area contributed by atoms with Crippen molar-refractivity contribution in [3.63, 3.8) is 0 Å². The van der Waals surface area contributed by atoms with Crippen LogP contribution in [-0.2, 0) is 4.79 Å².